The SMILES string of the molecule is CN=C(NCCCN1CCCC(C)C1)N1CCN(C(=O)c2ccco2)CC1. The van der Waals surface area contributed by atoms with Crippen molar-refractivity contribution in [3.63, 3.8) is 0 Å². The second-order valence-corrected chi connectivity index (χ2v) is 7.63. The van der Waals surface area contributed by atoms with Gasteiger partial charge in [-0.1, -0.05) is 6.92 Å². The average Bonchev–Trinajstić information content (AvgIpc) is 3.23. The topological polar surface area (TPSA) is 64.3 Å². The monoisotopic (exact) mass is 375 g/mol. The highest BCUT2D eigenvalue weighted by Gasteiger charge is 2.25. The molecule has 2 aliphatic heterocycles. The molecule has 0 aromatic carbocycles. The predicted octanol–water partition coefficient (Wildman–Crippen LogP) is 1.73. The summed E-state index contributed by atoms with van der Waals surface area (Å²) in [5.41, 5.74) is 0. The van der Waals surface area contributed by atoms with Gasteiger partial charge < -0.3 is 24.4 Å². The Morgan fingerprint density at radius 1 is 1.26 bits per heavy atom. The Kier molecular flexibility index (Phi) is 7.15. The smallest absolute Gasteiger partial charge is 0.289 e. The fourth-order valence-corrected chi connectivity index (χ4v) is 4.00. The molecule has 0 radical (unpaired) electrons. The van der Waals surface area contributed by atoms with Gasteiger partial charge in [0.25, 0.3) is 5.91 Å². The third-order valence-electron chi connectivity index (χ3n) is 5.49. The molecule has 150 valence electrons. The van der Waals surface area contributed by atoms with Gasteiger partial charge in [-0.2, -0.15) is 0 Å². The van der Waals surface area contributed by atoms with Gasteiger partial charge in [0.1, 0.15) is 0 Å². The van der Waals surface area contributed by atoms with E-state index in [0.29, 0.717) is 18.8 Å². The molecule has 0 bridgehead atoms. The average molecular weight is 376 g/mol. The maximum absolute atomic E-state index is 12.4. The molecule has 1 amide bonds. The maximum Gasteiger partial charge on any atom is 0.289 e. The van der Waals surface area contributed by atoms with Gasteiger partial charge in [0.2, 0.25) is 0 Å². The van der Waals surface area contributed by atoms with E-state index in [2.05, 4.69) is 27.0 Å². The molecule has 3 heterocycles. The van der Waals surface area contributed by atoms with Crippen LogP contribution >= 0.6 is 0 Å². The van der Waals surface area contributed by atoms with Crippen molar-refractivity contribution >= 4 is 11.9 Å². The van der Waals surface area contributed by atoms with Crippen LogP contribution in [0.4, 0.5) is 0 Å². The lowest BCUT2D eigenvalue weighted by atomic mass is 10.0. The van der Waals surface area contributed by atoms with Crippen molar-refractivity contribution in [3.8, 4) is 0 Å². The van der Waals surface area contributed by atoms with Crippen LogP contribution in [0.15, 0.2) is 27.8 Å². The third-order valence-corrected chi connectivity index (χ3v) is 5.49. The summed E-state index contributed by atoms with van der Waals surface area (Å²) in [4.78, 5) is 23.4. The van der Waals surface area contributed by atoms with E-state index < -0.39 is 0 Å². The van der Waals surface area contributed by atoms with E-state index in [0.717, 1.165) is 44.5 Å². The minimum Gasteiger partial charge on any atom is -0.459 e. The van der Waals surface area contributed by atoms with Gasteiger partial charge in [-0.15, -0.1) is 0 Å². The molecule has 3 rings (SSSR count). The summed E-state index contributed by atoms with van der Waals surface area (Å²) in [5, 5.41) is 3.49. The molecule has 0 aliphatic carbocycles. The third kappa shape index (κ3) is 5.48. The van der Waals surface area contributed by atoms with Crippen LogP contribution in [-0.4, -0.2) is 86.0 Å². The highest BCUT2D eigenvalue weighted by atomic mass is 16.3. The lowest BCUT2D eigenvalue weighted by Gasteiger charge is -2.36. The number of rotatable bonds is 5. The maximum atomic E-state index is 12.4. The number of carbonyl (C=O) groups is 1. The van der Waals surface area contributed by atoms with E-state index in [1.807, 2.05) is 11.9 Å². The first-order valence-corrected chi connectivity index (χ1v) is 10.2. The molecule has 2 saturated heterocycles. The summed E-state index contributed by atoms with van der Waals surface area (Å²) in [6.45, 7) is 9.86. The molecular weight excluding hydrogens is 342 g/mol. The van der Waals surface area contributed by atoms with Crippen molar-refractivity contribution in [2.24, 2.45) is 10.9 Å². The second kappa shape index (κ2) is 9.78. The van der Waals surface area contributed by atoms with Crippen molar-refractivity contribution in [2.45, 2.75) is 26.2 Å². The van der Waals surface area contributed by atoms with Crippen molar-refractivity contribution < 1.29 is 9.21 Å². The number of nitrogens with one attached hydrogen (secondary N) is 1. The zero-order valence-electron chi connectivity index (χ0n) is 16.7. The van der Waals surface area contributed by atoms with E-state index >= 15 is 0 Å². The molecule has 2 aliphatic rings. The number of furan rings is 1. The molecule has 0 spiro atoms. The fraction of sp³-hybridized carbons (Fsp3) is 0.700. The van der Waals surface area contributed by atoms with Crippen LogP contribution in [0.1, 0.15) is 36.7 Å². The zero-order valence-corrected chi connectivity index (χ0v) is 16.7. The molecular formula is C20H33N5O2. The van der Waals surface area contributed by atoms with Crippen molar-refractivity contribution in [1.82, 2.24) is 20.0 Å². The Labute approximate surface area is 162 Å². The fourth-order valence-electron chi connectivity index (χ4n) is 4.00. The van der Waals surface area contributed by atoms with Gasteiger partial charge in [0.15, 0.2) is 11.7 Å². The Bertz CT molecular complexity index is 608. The molecule has 7 nitrogen and oxygen atoms in total. The quantitative estimate of drug-likeness (QED) is 0.482. The predicted molar refractivity (Wildman–Crippen MR) is 107 cm³/mol. The largest absolute Gasteiger partial charge is 0.459 e. The highest BCUT2D eigenvalue weighted by molar-refractivity contribution is 5.91. The van der Waals surface area contributed by atoms with E-state index in [-0.39, 0.29) is 5.91 Å². The van der Waals surface area contributed by atoms with Gasteiger partial charge in [0, 0.05) is 46.3 Å². The summed E-state index contributed by atoms with van der Waals surface area (Å²) < 4.78 is 5.22. The number of piperidine rings is 1. The summed E-state index contributed by atoms with van der Waals surface area (Å²) >= 11 is 0. The van der Waals surface area contributed by atoms with Gasteiger partial charge in [-0.3, -0.25) is 9.79 Å². The van der Waals surface area contributed by atoms with Crippen LogP contribution in [0.3, 0.4) is 0 Å². The first kappa shape index (κ1) is 19.7. The molecule has 1 N–H and O–H groups in total. The highest BCUT2D eigenvalue weighted by Crippen LogP contribution is 2.15. The van der Waals surface area contributed by atoms with Crippen LogP contribution in [0, 0.1) is 5.92 Å². The van der Waals surface area contributed by atoms with Gasteiger partial charge in [-0.25, -0.2) is 0 Å². The number of hydrogen-bond acceptors (Lipinski definition) is 4. The van der Waals surface area contributed by atoms with Crippen LogP contribution in [0.25, 0.3) is 0 Å². The first-order chi connectivity index (χ1) is 13.2. The lowest BCUT2D eigenvalue weighted by molar-refractivity contribution is 0.0657. The van der Waals surface area contributed by atoms with Crippen LogP contribution in [0.5, 0.6) is 0 Å². The summed E-state index contributed by atoms with van der Waals surface area (Å²) in [6, 6.07) is 3.47. The molecule has 1 aromatic heterocycles. The standard InChI is InChI=1S/C20H33N5O2/c1-17-6-3-9-23(16-17)10-5-8-22-20(21-2)25-13-11-24(12-14-25)19(26)18-7-4-15-27-18/h4,7,15,17H,3,5-6,8-14,16H2,1-2H3,(H,21,22). The van der Waals surface area contributed by atoms with Crippen LogP contribution < -0.4 is 5.32 Å². The molecule has 1 aromatic rings. The lowest BCUT2D eigenvalue weighted by Crippen LogP contribution is -2.54. The number of carbonyl (C=O) groups excluding carboxylic acids is 1. The Balaban J connectivity index is 1.37. The first-order valence-electron chi connectivity index (χ1n) is 10.2. The van der Waals surface area contributed by atoms with Gasteiger partial charge in [-0.05, 0) is 50.4 Å². The minimum absolute atomic E-state index is 0.0293. The number of amides is 1. The second-order valence-electron chi connectivity index (χ2n) is 7.63. The van der Waals surface area contributed by atoms with Crippen LogP contribution in [0.2, 0.25) is 0 Å². The Hall–Kier alpha value is -2.02. The van der Waals surface area contributed by atoms with Crippen molar-refractivity contribution in [3.05, 3.63) is 24.2 Å². The minimum atomic E-state index is -0.0293. The van der Waals surface area contributed by atoms with Crippen LogP contribution in [-0.2, 0) is 0 Å². The molecule has 27 heavy (non-hydrogen) atoms. The molecule has 2 fully saturated rings. The molecule has 1 atom stereocenters. The van der Waals surface area contributed by atoms with E-state index in [4.69, 9.17) is 4.42 Å². The van der Waals surface area contributed by atoms with Crippen molar-refractivity contribution in [2.75, 3.05) is 59.4 Å². The normalized spacial score (nSPS) is 22.1. The number of guanidine groups is 1. The van der Waals surface area contributed by atoms with Gasteiger partial charge in [0.05, 0.1) is 6.26 Å². The van der Waals surface area contributed by atoms with E-state index in [9.17, 15) is 4.79 Å². The summed E-state index contributed by atoms with van der Waals surface area (Å²) in [6.07, 6.45) is 5.37. The number of hydrogen-bond donors (Lipinski definition) is 1. The number of aliphatic imine (C=N–C) groups is 1. The number of nitrogens with zero attached hydrogens (tertiary/aromatic N) is 4. The van der Waals surface area contributed by atoms with Crippen molar-refractivity contribution in [1.29, 1.82) is 0 Å². The Morgan fingerprint density at radius 3 is 2.70 bits per heavy atom. The zero-order chi connectivity index (χ0) is 19.1. The molecule has 0 saturated carbocycles. The van der Waals surface area contributed by atoms with Gasteiger partial charge >= 0.3 is 0 Å². The summed E-state index contributed by atoms with van der Waals surface area (Å²) in [7, 11) is 1.83. The number of likely N-dealkylation sites (tertiary alicyclic amines) is 1. The molecule has 1 unspecified atom stereocenters. The van der Waals surface area contributed by atoms with E-state index in [1.165, 1.54) is 25.9 Å². The van der Waals surface area contributed by atoms with E-state index in [1.54, 1.807) is 18.4 Å². The summed E-state index contributed by atoms with van der Waals surface area (Å²) in [5.74, 6) is 2.16. The molecule has 7 heteroatoms. The Morgan fingerprint density at radius 2 is 2.04 bits per heavy atom. The number of piperazine rings is 1.